The van der Waals surface area contributed by atoms with Crippen LogP contribution in [-0.2, 0) is 6.42 Å². The molecule has 0 spiro atoms. The number of hydrogen-bond acceptors (Lipinski definition) is 4. The summed E-state index contributed by atoms with van der Waals surface area (Å²) in [5.41, 5.74) is 3.18. The second-order valence-corrected chi connectivity index (χ2v) is 6.43. The summed E-state index contributed by atoms with van der Waals surface area (Å²) in [6.07, 6.45) is 4.61. The number of aryl methyl sites for hydroxylation is 1. The molecule has 0 bridgehead atoms. The number of oxazole rings is 1. The molecule has 25 heavy (non-hydrogen) atoms. The molecule has 0 fully saturated rings. The summed E-state index contributed by atoms with van der Waals surface area (Å²) < 4.78 is 5.59. The van der Waals surface area contributed by atoms with Crippen LogP contribution in [0.1, 0.15) is 18.2 Å². The molecular formula is C18H27IN4OS. The molecule has 1 aromatic carbocycles. The Balaban J connectivity index is 0.00000312. The second-order valence-electron chi connectivity index (χ2n) is 5.44. The van der Waals surface area contributed by atoms with Crippen LogP contribution in [0.5, 0.6) is 0 Å². The Kier molecular flexibility index (Phi) is 10.6. The number of benzene rings is 1. The lowest BCUT2D eigenvalue weighted by Gasteiger charge is -2.10. The van der Waals surface area contributed by atoms with Crippen molar-refractivity contribution in [2.75, 3.05) is 31.6 Å². The van der Waals surface area contributed by atoms with Gasteiger partial charge in [0.05, 0.1) is 12.2 Å². The number of nitrogens with zero attached hydrogens (tertiary/aromatic N) is 2. The van der Waals surface area contributed by atoms with Gasteiger partial charge in [0.15, 0.2) is 5.96 Å². The third-order valence-electron chi connectivity index (χ3n) is 3.43. The lowest BCUT2D eigenvalue weighted by Crippen LogP contribution is -2.38. The van der Waals surface area contributed by atoms with Crippen LogP contribution < -0.4 is 10.6 Å². The van der Waals surface area contributed by atoms with E-state index < -0.39 is 0 Å². The number of guanidine groups is 1. The number of aromatic nitrogens is 1. The van der Waals surface area contributed by atoms with Crippen molar-refractivity contribution in [3.63, 3.8) is 0 Å². The number of halogens is 1. The van der Waals surface area contributed by atoms with Crippen molar-refractivity contribution in [1.82, 2.24) is 15.6 Å². The summed E-state index contributed by atoms with van der Waals surface area (Å²) in [5.74, 6) is 2.55. The van der Waals surface area contributed by atoms with Gasteiger partial charge in [-0.3, -0.25) is 4.99 Å². The quantitative estimate of drug-likeness (QED) is 0.264. The van der Waals surface area contributed by atoms with E-state index in [0.717, 1.165) is 49.0 Å². The molecule has 0 amide bonds. The summed E-state index contributed by atoms with van der Waals surface area (Å²) >= 11 is 1.80. The monoisotopic (exact) mass is 474 g/mol. The predicted octanol–water partition coefficient (Wildman–Crippen LogP) is 3.73. The van der Waals surface area contributed by atoms with E-state index in [4.69, 9.17) is 4.42 Å². The van der Waals surface area contributed by atoms with Crippen molar-refractivity contribution in [3.8, 4) is 11.5 Å². The molecule has 138 valence electrons. The Bertz CT molecular complexity index is 643. The second kappa shape index (κ2) is 12.2. The van der Waals surface area contributed by atoms with Crippen molar-refractivity contribution in [3.05, 3.63) is 41.8 Å². The summed E-state index contributed by atoms with van der Waals surface area (Å²) in [6.45, 7) is 6.58. The lowest BCUT2D eigenvalue weighted by molar-refractivity contribution is 0.572. The van der Waals surface area contributed by atoms with E-state index >= 15 is 0 Å². The maximum atomic E-state index is 5.59. The largest absolute Gasteiger partial charge is 0.444 e. The Morgan fingerprint density at radius 1 is 1.24 bits per heavy atom. The summed E-state index contributed by atoms with van der Waals surface area (Å²) in [6, 6.07) is 8.19. The number of nitrogens with one attached hydrogen (secondary N) is 2. The van der Waals surface area contributed by atoms with Crippen LogP contribution in [0.4, 0.5) is 0 Å². The van der Waals surface area contributed by atoms with Gasteiger partial charge in [0, 0.05) is 30.8 Å². The molecular weight excluding hydrogens is 447 g/mol. The minimum atomic E-state index is 0. The highest BCUT2D eigenvalue weighted by atomic mass is 127. The molecule has 0 saturated carbocycles. The van der Waals surface area contributed by atoms with Crippen LogP contribution in [0.2, 0.25) is 0 Å². The number of rotatable bonds is 8. The van der Waals surface area contributed by atoms with Crippen molar-refractivity contribution in [2.45, 2.75) is 20.3 Å². The van der Waals surface area contributed by atoms with Crippen LogP contribution in [0.25, 0.3) is 11.5 Å². The van der Waals surface area contributed by atoms with Gasteiger partial charge in [0.2, 0.25) is 5.89 Å². The molecule has 0 aliphatic carbocycles. The minimum Gasteiger partial charge on any atom is -0.444 e. The van der Waals surface area contributed by atoms with E-state index in [1.807, 2.05) is 12.1 Å². The van der Waals surface area contributed by atoms with Gasteiger partial charge in [-0.2, -0.15) is 11.8 Å². The Morgan fingerprint density at radius 3 is 2.68 bits per heavy atom. The zero-order valence-electron chi connectivity index (χ0n) is 15.0. The first-order valence-corrected chi connectivity index (χ1v) is 9.65. The average Bonchev–Trinajstić information content (AvgIpc) is 3.04. The van der Waals surface area contributed by atoms with Gasteiger partial charge in [-0.05, 0) is 32.2 Å². The third-order valence-corrected chi connectivity index (χ3v) is 4.02. The molecule has 0 aliphatic rings. The molecule has 1 aromatic heterocycles. The fourth-order valence-electron chi connectivity index (χ4n) is 2.15. The van der Waals surface area contributed by atoms with Crippen molar-refractivity contribution in [2.24, 2.45) is 4.99 Å². The van der Waals surface area contributed by atoms with Gasteiger partial charge in [-0.1, -0.05) is 17.7 Å². The molecule has 2 rings (SSSR count). The minimum absolute atomic E-state index is 0. The number of hydrogen-bond donors (Lipinski definition) is 2. The van der Waals surface area contributed by atoms with E-state index in [-0.39, 0.29) is 24.0 Å². The first-order valence-electron chi connectivity index (χ1n) is 8.25. The molecule has 0 atom stereocenters. The van der Waals surface area contributed by atoms with E-state index in [2.05, 4.69) is 52.8 Å². The van der Waals surface area contributed by atoms with Crippen LogP contribution in [-0.4, -0.2) is 42.6 Å². The normalized spacial score (nSPS) is 11.1. The van der Waals surface area contributed by atoms with E-state index in [1.165, 1.54) is 5.56 Å². The SMILES string of the molecule is CCNC(=NCCSC)NCCc1coc(-c2ccc(C)cc2)n1.I. The van der Waals surface area contributed by atoms with Gasteiger partial charge < -0.3 is 15.1 Å². The molecule has 0 aliphatic heterocycles. The van der Waals surface area contributed by atoms with Crippen LogP contribution in [0, 0.1) is 6.92 Å². The topological polar surface area (TPSA) is 62.5 Å². The first kappa shape index (κ1) is 21.8. The molecule has 0 radical (unpaired) electrons. The Morgan fingerprint density at radius 2 is 2.00 bits per heavy atom. The van der Waals surface area contributed by atoms with Gasteiger partial charge >= 0.3 is 0 Å². The highest BCUT2D eigenvalue weighted by Gasteiger charge is 2.06. The van der Waals surface area contributed by atoms with Gasteiger partial charge in [0.1, 0.15) is 6.26 Å². The van der Waals surface area contributed by atoms with Crippen molar-refractivity contribution in [1.29, 1.82) is 0 Å². The maximum absolute atomic E-state index is 5.59. The Labute approximate surface area is 171 Å². The predicted molar refractivity (Wildman–Crippen MR) is 118 cm³/mol. The zero-order valence-corrected chi connectivity index (χ0v) is 18.2. The van der Waals surface area contributed by atoms with Gasteiger partial charge in [-0.15, -0.1) is 24.0 Å². The van der Waals surface area contributed by atoms with Gasteiger partial charge in [0.25, 0.3) is 0 Å². The van der Waals surface area contributed by atoms with Crippen molar-refractivity contribution < 1.29 is 4.42 Å². The van der Waals surface area contributed by atoms with E-state index in [0.29, 0.717) is 5.89 Å². The molecule has 5 nitrogen and oxygen atoms in total. The molecule has 2 aromatic rings. The first-order chi connectivity index (χ1) is 11.7. The highest BCUT2D eigenvalue weighted by molar-refractivity contribution is 14.0. The standard InChI is InChI=1S/C18H26N4OS.HI/c1-4-19-18(21-11-12-24-3)20-10-9-16-13-23-17(22-16)15-7-5-14(2)6-8-15;/h5-8,13H,4,9-12H2,1-3H3,(H2,19,20,21);1H. The average molecular weight is 474 g/mol. The smallest absolute Gasteiger partial charge is 0.226 e. The number of aliphatic imine (C=N–C) groups is 1. The van der Waals surface area contributed by atoms with Crippen LogP contribution in [0.15, 0.2) is 39.9 Å². The Hall–Kier alpha value is -1.22. The summed E-state index contributed by atoms with van der Waals surface area (Å²) in [4.78, 5) is 9.08. The van der Waals surface area contributed by atoms with Crippen molar-refractivity contribution >= 4 is 41.7 Å². The highest BCUT2D eigenvalue weighted by Crippen LogP contribution is 2.19. The third kappa shape index (κ3) is 7.68. The summed E-state index contributed by atoms with van der Waals surface area (Å²) in [5, 5.41) is 6.58. The maximum Gasteiger partial charge on any atom is 0.226 e. The molecule has 0 unspecified atom stereocenters. The van der Waals surface area contributed by atoms with Crippen LogP contribution in [0.3, 0.4) is 0 Å². The summed E-state index contributed by atoms with van der Waals surface area (Å²) in [7, 11) is 0. The van der Waals surface area contributed by atoms with Gasteiger partial charge in [-0.25, -0.2) is 4.98 Å². The fourth-order valence-corrected chi connectivity index (χ4v) is 2.42. The molecule has 1 heterocycles. The van der Waals surface area contributed by atoms with E-state index in [1.54, 1.807) is 18.0 Å². The molecule has 7 heteroatoms. The molecule has 0 saturated heterocycles. The fraction of sp³-hybridized carbons (Fsp3) is 0.444. The van der Waals surface area contributed by atoms with E-state index in [9.17, 15) is 0 Å². The zero-order chi connectivity index (χ0) is 17.2. The van der Waals surface area contributed by atoms with Crippen LogP contribution >= 0.6 is 35.7 Å². The number of thioether (sulfide) groups is 1. The molecule has 2 N–H and O–H groups in total. The lowest BCUT2D eigenvalue weighted by atomic mass is 10.1.